The average Bonchev–Trinajstić information content (AvgIpc) is 2.82. The lowest BCUT2D eigenvalue weighted by Gasteiger charge is -2.10. The number of rotatable bonds is 6. The number of para-hydroxylation sites is 2. The van der Waals surface area contributed by atoms with E-state index in [1.807, 2.05) is 22.8 Å². The van der Waals surface area contributed by atoms with Crippen molar-refractivity contribution < 1.29 is 21.7 Å². The van der Waals surface area contributed by atoms with Crippen LogP contribution in [0, 0.1) is 11.3 Å². The van der Waals surface area contributed by atoms with Crippen molar-refractivity contribution >= 4 is 34.2 Å². The molecule has 0 aliphatic rings. The van der Waals surface area contributed by atoms with E-state index in [1.165, 1.54) is 0 Å². The quantitative estimate of drug-likeness (QED) is 0.604. The first-order valence-corrected chi connectivity index (χ1v) is 9.03. The van der Waals surface area contributed by atoms with Crippen LogP contribution in [0.1, 0.15) is 13.8 Å². The molecule has 1 N–H and O–H groups in total. The highest BCUT2D eigenvalue weighted by Gasteiger charge is 2.11. The van der Waals surface area contributed by atoms with Crippen LogP contribution in [0.2, 0.25) is 10.0 Å². The first-order chi connectivity index (χ1) is 12.0. The van der Waals surface area contributed by atoms with E-state index in [2.05, 4.69) is 24.5 Å². The van der Waals surface area contributed by atoms with Gasteiger partial charge in [0.25, 0.3) is 0 Å². The van der Waals surface area contributed by atoms with Crippen molar-refractivity contribution in [2.75, 3.05) is 6.61 Å². The van der Waals surface area contributed by atoms with Crippen LogP contribution in [0.3, 0.4) is 0 Å². The van der Waals surface area contributed by atoms with E-state index in [0.717, 1.165) is 17.6 Å². The number of aromatic nitrogens is 2. The summed E-state index contributed by atoms with van der Waals surface area (Å²) in [5, 5.41) is 9.62. The molecule has 1 heterocycles. The van der Waals surface area contributed by atoms with Crippen LogP contribution in [0.15, 0.2) is 42.5 Å². The third-order valence-corrected chi connectivity index (χ3v) is 4.52. The Morgan fingerprint density at radius 1 is 1.04 bits per heavy atom. The van der Waals surface area contributed by atoms with Gasteiger partial charge in [-0.1, -0.05) is 49.2 Å². The van der Waals surface area contributed by atoms with E-state index in [0.29, 0.717) is 40.5 Å². The van der Waals surface area contributed by atoms with Crippen molar-refractivity contribution in [2.24, 2.45) is 5.92 Å². The van der Waals surface area contributed by atoms with Gasteiger partial charge in [-0.25, -0.2) is 0 Å². The summed E-state index contributed by atoms with van der Waals surface area (Å²) >= 11 is 12.0. The third kappa shape index (κ3) is 4.45. The molecule has 0 fully saturated rings. The SMILES string of the molecule is CC(C)Cn1c(=N)n(CCOc2ccc(Cl)cc2Cl)c2ccccc21.[Br-]. The van der Waals surface area contributed by atoms with Crippen molar-refractivity contribution in [3.05, 3.63) is 58.1 Å². The fourth-order valence-corrected chi connectivity index (χ4v) is 3.37. The maximum atomic E-state index is 8.55. The van der Waals surface area contributed by atoms with Gasteiger partial charge in [0.1, 0.15) is 12.4 Å². The highest BCUT2D eigenvalue weighted by molar-refractivity contribution is 6.35. The Balaban J connectivity index is 0.00000243. The van der Waals surface area contributed by atoms with Crippen LogP contribution in [0.5, 0.6) is 5.75 Å². The van der Waals surface area contributed by atoms with Gasteiger partial charge in [-0.05, 0) is 36.2 Å². The zero-order valence-electron chi connectivity index (χ0n) is 14.7. The summed E-state index contributed by atoms with van der Waals surface area (Å²) in [5.41, 5.74) is 2.60. The monoisotopic (exact) mass is 456 g/mol. The topological polar surface area (TPSA) is 42.9 Å². The maximum Gasteiger partial charge on any atom is 0.203 e. The van der Waals surface area contributed by atoms with Crippen LogP contribution in [-0.2, 0) is 13.1 Å². The summed E-state index contributed by atoms with van der Waals surface area (Å²) in [4.78, 5) is 0. The van der Waals surface area contributed by atoms with E-state index in [4.69, 9.17) is 33.3 Å². The normalized spacial score (nSPS) is 11.0. The van der Waals surface area contributed by atoms with Gasteiger partial charge in [0.15, 0.2) is 0 Å². The van der Waals surface area contributed by atoms with Gasteiger partial charge in [0.2, 0.25) is 5.62 Å². The predicted molar refractivity (Wildman–Crippen MR) is 103 cm³/mol. The molecule has 1 aromatic heterocycles. The van der Waals surface area contributed by atoms with E-state index >= 15 is 0 Å². The van der Waals surface area contributed by atoms with E-state index < -0.39 is 0 Å². The highest BCUT2D eigenvalue weighted by Crippen LogP contribution is 2.27. The molecule has 0 aliphatic carbocycles. The Morgan fingerprint density at radius 3 is 2.31 bits per heavy atom. The molecule has 0 atom stereocenters. The fourth-order valence-electron chi connectivity index (χ4n) is 2.91. The van der Waals surface area contributed by atoms with Crippen molar-refractivity contribution in [2.45, 2.75) is 26.9 Å². The largest absolute Gasteiger partial charge is 1.00 e. The Labute approximate surface area is 173 Å². The van der Waals surface area contributed by atoms with Gasteiger partial charge in [-0.2, -0.15) is 0 Å². The minimum absolute atomic E-state index is 0. The average molecular weight is 458 g/mol. The second-order valence-electron chi connectivity index (χ2n) is 6.39. The molecule has 0 bridgehead atoms. The molecule has 2 aromatic carbocycles. The molecule has 7 heteroatoms. The molecule has 0 unspecified atom stereocenters. The number of ether oxygens (including phenoxy) is 1. The van der Waals surface area contributed by atoms with Gasteiger partial charge in [-0.3, -0.25) is 5.41 Å². The summed E-state index contributed by atoms with van der Waals surface area (Å²) in [6, 6.07) is 13.3. The summed E-state index contributed by atoms with van der Waals surface area (Å²) in [5.74, 6) is 1.07. The lowest BCUT2D eigenvalue weighted by atomic mass is 10.2. The highest BCUT2D eigenvalue weighted by atomic mass is 79.9. The van der Waals surface area contributed by atoms with Gasteiger partial charge in [-0.15, -0.1) is 0 Å². The molecule has 3 rings (SSSR count). The van der Waals surface area contributed by atoms with Crippen molar-refractivity contribution in [1.82, 2.24) is 9.13 Å². The molecule has 3 aromatic rings. The van der Waals surface area contributed by atoms with Crippen LogP contribution in [0.25, 0.3) is 11.0 Å². The molecule has 0 radical (unpaired) electrons. The molecular weight excluding hydrogens is 437 g/mol. The number of halogens is 3. The van der Waals surface area contributed by atoms with Crippen molar-refractivity contribution in [3.8, 4) is 5.75 Å². The fraction of sp³-hybridized carbons (Fsp3) is 0.316. The number of hydrogen-bond acceptors (Lipinski definition) is 2. The standard InChI is InChI=1S/C19H21Cl2N3O.BrH/c1-13(2)12-24-17-6-4-3-5-16(17)23(19(24)22)9-10-25-18-8-7-14(20)11-15(18)21;/h3-8,11,13,22H,9-10,12H2,1-2H3;1H/p-1. The predicted octanol–water partition coefficient (Wildman–Crippen LogP) is 1.97. The maximum absolute atomic E-state index is 8.55. The molecule has 0 saturated heterocycles. The van der Waals surface area contributed by atoms with E-state index in [1.54, 1.807) is 18.2 Å². The zero-order valence-corrected chi connectivity index (χ0v) is 17.8. The number of fused-ring (bicyclic) bond motifs is 1. The first-order valence-electron chi connectivity index (χ1n) is 8.28. The van der Waals surface area contributed by atoms with Gasteiger partial charge >= 0.3 is 0 Å². The summed E-state index contributed by atoms with van der Waals surface area (Å²) in [6.45, 7) is 6.13. The number of nitrogens with one attached hydrogen (secondary N) is 1. The van der Waals surface area contributed by atoms with Crippen LogP contribution in [-0.4, -0.2) is 15.7 Å². The first kappa shape index (κ1) is 20.9. The molecule has 0 spiro atoms. The number of hydrogen-bond donors (Lipinski definition) is 1. The third-order valence-electron chi connectivity index (χ3n) is 3.99. The Hall–Kier alpha value is -1.43. The van der Waals surface area contributed by atoms with E-state index in [9.17, 15) is 0 Å². The summed E-state index contributed by atoms with van der Waals surface area (Å²) in [7, 11) is 0. The minimum Gasteiger partial charge on any atom is -1.00 e. The van der Waals surface area contributed by atoms with Gasteiger partial charge < -0.3 is 30.9 Å². The Bertz CT molecular complexity index is 950. The smallest absolute Gasteiger partial charge is 0.203 e. The Kier molecular flexibility index (Phi) is 7.21. The molecule has 26 heavy (non-hydrogen) atoms. The van der Waals surface area contributed by atoms with Gasteiger partial charge in [0, 0.05) is 11.6 Å². The molecule has 4 nitrogen and oxygen atoms in total. The molecule has 0 aliphatic heterocycles. The summed E-state index contributed by atoms with van der Waals surface area (Å²) < 4.78 is 9.81. The minimum atomic E-state index is 0. The lowest BCUT2D eigenvalue weighted by molar-refractivity contribution is -0.00000576. The molecular formula is C19H21BrCl2N3O-. The summed E-state index contributed by atoms with van der Waals surface area (Å²) in [6.07, 6.45) is 0. The van der Waals surface area contributed by atoms with Crippen LogP contribution < -0.4 is 27.3 Å². The number of benzene rings is 2. The second kappa shape index (κ2) is 8.98. The van der Waals surface area contributed by atoms with E-state index in [-0.39, 0.29) is 17.0 Å². The van der Waals surface area contributed by atoms with Crippen molar-refractivity contribution in [1.29, 1.82) is 5.41 Å². The van der Waals surface area contributed by atoms with Crippen LogP contribution >= 0.6 is 23.2 Å². The molecule has 140 valence electrons. The van der Waals surface area contributed by atoms with Gasteiger partial charge in [0.05, 0.1) is 22.6 Å². The molecule has 0 saturated carbocycles. The van der Waals surface area contributed by atoms with Crippen LogP contribution in [0.4, 0.5) is 0 Å². The zero-order chi connectivity index (χ0) is 18.0. The number of nitrogens with zero attached hydrogens (tertiary/aromatic N) is 2. The number of imidazole rings is 1. The lowest BCUT2D eigenvalue weighted by Crippen LogP contribution is -3.00. The second-order valence-corrected chi connectivity index (χ2v) is 7.24. The Morgan fingerprint density at radius 2 is 1.69 bits per heavy atom. The molecule has 0 amide bonds. The van der Waals surface area contributed by atoms with Crippen molar-refractivity contribution in [3.63, 3.8) is 0 Å².